The van der Waals surface area contributed by atoms with E-state index in [1.165, 1.54) is 5.56 Å². The van der Waals surface area contributed by atoms with Gasteiger partial charge in [-0.2, -0.15) is 0 Å². The largest absolute Gasteiger partial charge is 0.329 e. The maximum absolute atomic E-state index is 11.9. The predicted molar refractivity (Wildman–Crippen MR) is 89.0 cm³/mol. The highest BCUT2D eigenvalue weighted by atomic mass is 79.9. The zero-order chi connectivity index (χ0) is 14.8. The van der Waals surface area contributed by atoms with Crippen molar-refractivity contribution in [2.45, 2.75) is 6.54 Å². The third-order valence-corrected chi connectivity index (χ3v) is 4.09. The number of rotatable bonds is 3. The van der Waals surface area contributed by atoms with E-state index in [0.29, 0.717) is 6.54 Å². The molecule has 0 saturated heterocycles. The number of fused-ring (bicyclic) bond motifs is 1. The van der Waals surface area contributed by atoms with Gasteiger partial charge >= 0.3 is 0 Å². The Morgan fingerprint density at radius 1 is 1.24 bits per heavy atom. The number of halogens is 1. The number of carbonyl (C=O) groups excluding carboxylic acids is 1. The Hall–Kier alpha value is -1.85. The van der Waals surface area contributed by atoms with Crippen LogP contribution in [0.15, 0.2) is 46.9 Å². The Balaban J connectivity index is 2.02. The highest BCUT2D eigenvalue weighted by molar-refractivity contribution is 9.10. The van der Waals surface area contributed by atoms with Crippen molar-refractivity contribution in [3.63, 3.8) is 0 Å². The minimum Gasteiger partial charge on any atom is -0.329 e. The van der Waals surface area contributed by atoms with Gasteiger partial charge < -0.3 is 15.5 Å². The smallest absolute Gasteiger partial charge is 0.244 e. The molecule has 0 unspecified atom stereocenters. The van der Waals surface area contributed by atoms with Crippen LogP contribution in [0.25, 0.3) is 0 Å². The summed E-state index contributed by atoms with van der Waals surface area (Å²) < 4.78 is 0.986. The van der Waals surface area contributed by atoms with Crippen molar-refractivity contribution < 1.29 is 4.79 Å². The summed E-state index contributed by atoms with van der Waals surface area (Å²) in [7, 11) is 1.92. The molecule has 0 fully saturated rings. The van der Waals surface area contributed by atoms with E-state index in [0.717, 1.165) is 28.1 Å². The quantitative estimate of drug-likeness (QED) is 0.897. The molecule has 0 aliphatic carbocycles. The summed E-state index contributed by atoms with van der Waals surface area (Å²) in [6.45, 7) is 1.14. The van der Waals surface area contributed by atoms with E-state index in [1.807, 2.05) is 42.3 Å². The fraction of sp³-hybridized carbons (Fsp3) is 0.188. The van der Waals surface area contributed by atoms with Gasteiger partial charge in [-0.15, -0.1) is 0 Å². The van der Waals surface area contributed by atoms with Gasteiger partial charge in [0.25, 0.3) is 0 Å². The molecule has 0 radical (unpaired) electrons. The van der Waals surface area contributed by atoms with Crippen molar-refractivity contribution in [2.24, 2.45) is 0 Å². The monoisotopic (exact) mass is 345 g/mol. The molecule has 2 N–H and O–H groups in total. The van der Waals surface area contributed by atoms with Gasteiger partial charge in [0.2, 0.25) is 5.91 Å². The molecular formula is C16H16BrN3O. The number of nitrogens with one attached hydrogen (secondary N) is 2. The van der Waals surface area contributed by atoms with Crippen molar-refractivity contribution >= 4 is 38.9 Å². The number of hydrogen-bond acceptors (Lipinski definition) is 3. The Morgan fingerprint density at radius 2 is 2.05 bits per heavy atom. The predicted octanol–water partition coefficient (Wildman–Crippen LogP) is 3.26. The van der Waals surface area contributed by atoms with Crippen LogP contribution in [0.3, 0.4) is 0 Å². The number of hydrogen-bond donors (Lipinski definition) is 2. The second-order valence-corrected chi connectivity index (χ2v) is 5.82. The van der Waals surface area contributed by atoms with Crippen molar-refractivity contribution in [3.05, 3.63) is 52.5 Å². The molecule has 0 saturated carbocycles. The molecule has 5 heteroatoms. The fourth-order valence-electron chi connectivity index (χ4n) is 2.53. The molecular weight excluding hydrogens is 330 g/mol. The summed E-state index contributed by atoms with van der Waals surface area (Å²) in [6, 6.07) is 14.0. The summed E-state index contributed by atoms with van der Waals surface area (Å²) in [5, 5.41) is 6.04. The minimum absolute atomic E-state index is 0.0000913. The van der Waals surface area contributed by atoms with E-state index in [2.05, 4.69) is 38.7 Å². The SMILES string of the molecule is CNCc1ccc(N2CC(=O)Nc3ccccc32)c(Br)c1. The summed E-state index contributed by atoms with van der Waals surface area (Å²) in [6.07, 6.45) is 0. The first-order valence-corrected chi connectivity index (χ1v) is 7.58. The van der Waals surface area contributed by atoms with Crippen LogP contribution in [0.5, 0.6) is 0 Å². The lowest BCUT2D eigenvalue weighted by molar-refractivity contribution is -0.115. The number of para-hydroxylation sites is 2. The van der Waals surface area contributed by atoms with Crippen LogP contribution in [0, 0.1) is 0 Å². The van der Waals surface area contributed by atoms with Crippen LogP contribution < -0.4 is 15.5 Å². The number of anilines is 3. The zero-order valence-corrected chi connectivity index (χ0v) is 13.3. The molecule has 1 heterocycles. The Morgan fingerprint density at radius 3 is 2.81 bits per heavy atom. The fourth-order valence-corrected chi connectivity index (χ4v) is 3.17. The number of nitrogens with zero attached hydrogens (tertiary/aromatic N) is 1. The van der Waals surface area contributed by atoms with Crippen LogP contribution >= 0.6 is 15.9 Å². The average Bonchev–Trinajstić information content (AvgIpc) is 2.47. The Bertz CT molecular complexity index is 687. The molecule has 0 bridgehead atoms. The standard InChI is InChI=1S/C16H16BrN3O/c1-18-9-11-6-7-14(12(17)8-11)20-10-16(21)19-13-4-2-3-5-15(13)20/h2-8,18H,9-10H2,1H3,(H,19,21). The lowest BCUT2D eigenvalue weighted by Gasteiger charge is -2.31. The molecule has 1 aliphatic heterocycles. The van der Waals surface area contributed by atoms with E-state index in [1.54, 1.807) is 0 Å². The highest BCUT2D eigenvalue weighted by Gasteiger charge is 2.24. The van der Waals surface area contributed by atoms with Crippen molar-refractivity contribution in [1.82, 2.24) is 5.32 Å². The van der Waals surface area contributed by atoms with Gasteiger partial charge in [-0.25, -0.2) is 0 Å². The van der Waals surface area contributed by atoms with Crippen molar-refractivity contribution in [3.8, 4) is 0 Å². The molecule has 0 spiro atoms. The van der Waals surface area contributed by atoms with Gasteiger partial charge in [0.1, 0.15) is 6.54 Å². The Kier molecular flexibility index (Phi) is 3.94. The molecule has 21 heavy (non-hydrogen) atoms. The summed E-state index contributed by atoms with van der Waals surface area (Å²) in [4.78, 5) is 13.9. The van der Waals surface area contributed by atoms with E-state index < -0.39 is 0 Å². The first-order valence-electron chi connectivity index (χ1n) is 6.78. The van der Waals surface area contributed by atoms with E-state index in [4.69, 9.17) is 0 Å². The third kappa shape index (κ3) is 2.80. The van der Waals surface area contributed by atoms with Crippen LogP contribution in [-0.2, 0) is 11.3 Å². The number of carbonyl (C=O) groups is 1. The summed E-state index contributed by atoms with van der Waals surface area (Å²) in [5.74, 6) is -0.0000913. The Labute approximate surface area is 132 Å². The maximum Gasteiger partial charge on any atom is 0.244 e. The van der Waals surface area contributed by atoms with Crippen molar-refractivity contribution in [2.75, 3.05) is 23.8 Å². The van der Waals surface area contributed by atoms with Crippen LogP contribution in [0.2, 0.25) is 0 Å². The average molecular weight is 346 g/mol. The second-order valence-electron chi connectivity index (χ2n) is 4.97. The first kappa shape index (κ1) is 14.1. The highest BCUT2D eigenvalue weighted by Crippen LogP contribution is 2.38. The van der Waals surface area contributed by atoms with Gasteiger partial charge in [0.15, 0.2) is 0 Å². The summed E-state index contributed by atoms with van der Waals surface area (Å²) in [5.41, 5.74) is 4.05. The lowest BCUT2D eigenvalue weighted by Crippen LogP contribution is -2.35. The lowest BCUT2D eigenvalue weighted by atomic mass is 10.1. The third-order valence-electron chi connectivity index (χ3n) is 3.45. The van der Waals surface area contributed by atoms with Gasteiger partial charge in [0, 0.05) is 11.0 Å². The van der Waals surface area contributed by atoms with Crippen LogP contribution in [-0.4, -0.2) is 19.5 Å². The van der Waals surface area contributed by atoms with E-state index >= 15 is 0 Å². The molecule has 1 aliphatic rings. The van der Waals surface area contributed by atoms with Gasteiger partial charge in [-0.1, -0.05) is 18.2 Å². The number of amides is 1. The van der Waals surface area contributed by atoms with E-state index in [-0.39, 0.29) is 5.91 Å². The maximum atomic E-state index is 11.9. The molecule has 2 aromatic rings. The topological polar surface area (TPSA) is 44.4 Å². The van der Waals surface area contributed by atoms with Crippen LogP contribution in [0.1, 0.15) is 5.56 Å². The molecule has 2 aromatic carbocycles. The van der Waals surface area contributed by atoms with Gasteiger partial charge in [-0.3, -0.25) is 4.79 Å². The van der Waals surface area contributed by atoms with Gasteiger partial charge in [0.05, 0.1) is 17.1 Å². The molecule has 4 nitrogen and oxygen atoms in total. The molecule has 3 rings (SSSR count). The van der Waals surface area contributed by atoms with Crippen molar-refractivity contribution in [1.29, 1.82) is 0 Å². The van der Waals surface area contributed by atoms with Gasteiger partial charge in [-0.05, 0) is 52.8 Å². The number of benzene rings is 2. The minimum atomic E-state index is -0.0000913. The molecule has 0 aromatic heterocycles. The van der Waals surface area contributed by atoms with Crippen LogP contribution in [0.4, 0.5) is 17.1 Å². The summed E-state index contributed by atoms with van der Waals surface area (Å²) >= 11 is 3.62. The molecule has 1 amide bonds. The zero-order valence-electron chi connectivity index (χ0n) is 11.7. The molecule has 0 atom stereocenters. The van der Waals surface area contributed by atoms with E-state index in [9.17, 15) is 4.79 Å². The first-order chi connectivity index (χ1) is 10.2. The normalized spacial score (nSPS) is 13.8. The molecule has 108 valence electrons. The second kappa shape index (κ2) is 5.87.